The lowest BCUT2D eigenvalue weighted by Crippen LogP contribution is -2.59. The molecule has 0 radical (unpaired) electrons. The molecule has 0 bridgehead atoms. The number of hydrogen-bond acceptors (Lipinski definition) is 3. The van der Waals surface area contributed by atoms with E-state index in [-0.39, 0.29) is 11.0 Å². The minimum Gasteiger partial charge on any atom is -0.478 e. The third-order valence-electron chi connectivity index (χ3n) is 4.14. The lowest BCUT2D eigenvalue weighted by molar-refractivity contribution is -0.000317. The molecule has 2 aliphatic heterocycles. The summed E-state index contributed by atoms with van der Waals surface area (Å²) in [5.74, 6) is -1.41. The van der Waals surface area contributed by atoms with Crippen molar-refractivity contribution in [2.75, 3.05) is 31.2 Å². The fourth-order valence-corrected chi connectivity index (χ4v) is 3.00. The highest BCUT2D eigenvalue weighted by Gasteiger charge is 2.44. The smallest absolute Gasteiger partial charge is 0.337 e. The molecule has 0 aromatic heterocycles. The summed E-state index contributed by atoms with van der Waals surface area (Å²) >= 11 is 0. The predicted molar refractivity (Wildman–Crippen MR) is 68.1 cm³/mol. The van der Waals surface area contributed by atoms with Gasteiger partial charge < -0.3 is 14.7 Å². The van der Waals surface area contributed by atoms with Gasteiger partial charge in [-0.25, -0.2) is 9.18 Å². The van der Waals surface area contributed by atoms with Gasteiger partial charge in [0.25, 0.3) is 0 Å². The largest absolute Gasteiger partial charge is 0.478 e. The van der Waals surface area contributed by atoms with Crippen molar-refractivity contribution in [3.05, 3.63) is 29.6 Å². The minimum absolute atomic E-state index is 0.170. The normalized spacial score (nSPS) is 21.2. The van der Waals surface area contributed by atoms with Crippen LogP contribution in [0, 0.1) is 11.2 Å². The third kappa shape index (κ3) is 2.18. The highest BCUT2D eigenvalue weighted by Crippen LogP contribution is 2.43. The van der Waals surface area contributed by atoms with Crippen molar-refractivity contribution in [2.24, 2.45) is 5.41 Å². The summed E-state index contributed by atoms with van der Waals surface area (Å²) in [6.07, 6.45) is 2.00. The second-order valence-electron chi connectivity index (χ2n) is 5.44. The highest BCUT2D eigenvalue weighted by atomic mass is 19.1. The standard InChI is InChI=1S/C14H16FNO3/c15-10-1-2-11(13(17)18)12(7-10)16-8-14(9-16)3-5-19-6-4-14/h1-2,7H,3-6,8-9H2,(H,17,18). The molecule has 2 fully saturated rings. The van der Waals surface area contributed by atoms with Crippen molar-refractivity contribution < 1.29 is 19.0 Å². The van der Waals surface area contributed by atoms with Crippen LogP contribution < -0.4 is 4.90 Å². The van der Waals surface area contributed by atoms with Crippen LogP contribution in [0.1, 0.15) is 23.2 Å². The van der Waals surface area contributed by atoms with E-state index >= 15 is 0 Å². The van der Waals surface area contributed by atoms with Gasteiger partial charge in [-0.15, -0.1) is 0 Å². The number of carboxylic acid groups (broad SMARTS) is 1. The zero-order valence-corrected chi connectivity index (χ0v) is 10.6. The van der Waals surface area contributed by atoms with Crippen molar-refractivity contribution in [2.45, 2.75) is 12.8 Å². The van der Waals surface area contributed by atoms with Crippen LogP contribution >= 0.6 is 0 Å². The molecule has 2 heterocycles. The van der Waals surface area contributed by atoms with Crippen LogP contribution in [-0.4, -0.2) is 37.4 Å². The van der Waals surface area contributed by atoms with Gasteiger partial charge in [-0.3, -0.25) is 0 Å². The molecule has 0 aliphatic carbocycles. The van der Waals surface area contributed by atoms with Gasteiger partial charge in [0.05, 0.1) is 11.3 Å². The van der Waals surface area contributed by atoms with E-state index in [9.17, 15) is 9.18 Å². The van der Waals surface area contributed by atoms with Gasteiger partial charge in [0.15, 0.2) is 0 Å². The number of halogens is 1. The Labute approximate surface area is 110 Å². The SMILES string of the molecule is O=C(O)c1ccc(F)cc1N1CC2(CCOCC2)C1. The van der Waals surface area contributed by atoms with Crippen LogP contribution in [0.25, 0.3) is 0 Å². The molecule has 2 aliphatic rings. The lowest BCUT2D eigenvalue weighted by atomic mass is 9.73. The summed E-state index contributed by atoms with van der Waals surface area (Å²) in [6, 6.07) is 3.84. The van der Waals surface area contributed by atoms with Crippen LogP contribution in [0.2, 0.25) is 0 Å². The molecule has 1 aromatic rings. The Balaban J connectivity index is 1.81. The van der Waals surface area contributed by atoms with E-state index in [2.05, 4.69) is 0 Å². The molecule has 0 unspecified atom stereocenters. The average molecular weight is 265 g/mol. The second-order valence-corrected chi connectivity index (χ2v) is 5.44. The van der Waals surface area contributed by atoms with Gasteiger partial charge in [-0.05, 0) is 31.0 Å². The summed E-state index contributed by atoms with van der Waals surface area (Å²) in [7, 11) is 0. The second kappa shape index (κ2) is 4.49. The Kier molecular flexibility index (Phi) is 2.93. The van der Waals surface area contributed by atoms with Gasteiger partial charge in [-0.1, -0.05) is 0 Å². The Bertz CT molecular complexity index is 503. The van der Waals surface area contributed by atoms with Crippen molar-refractivity contribution >= 4 is 11.7 Å². The summed E-state index contributed by atoms with van der Waals surface area (Å²) in [4.78, 5) is 13.1. The number of carbonyl (C=O) groups is 1. The van der Waals surface area contributed by atoms with E-state index in [1.165, 1.54) is 18.2 Å². The number of benzene rings is 1. The molecule has 102 valence electrons. The Morgan fingerprint density at radius 3 is 2.63 bits per heavy atom. The van der Waals surface area contributed by atoms with Gasteiger partial charge in [0.2, 0.25) is 0 Å². The van der Waals surface area contributed by atoms with Crippen LogP contribution in [0.5, 0.6) is 0 Å². The molecule has 0 amide bonds. The predicted octanol–water partition coefficient (Wildman–Crippen LogP) is 2.14. The van der Waals surface area contributed by atoms with E-state index in [0.29, 0.717) is 5.69 Å². The highest BCUT2D eigenvalue weighted by molar-refractivity contribution is 5.94. The average Bonchev–Trinajstić information content (AvgIpc) is 2.36. The zero-order valence-electron chi connectivity index (χ0n) is 10.6. The number of rotatable bonds is 2. The van der Waals surface area contributed by atoms with E-state index in [4.69, 9.17) is 9.84 Å². The van der Waals surface area contributed by atoms with Crippen molar-refractivity contribution in [1.82, 2.24) is 0 Å². The quantitative estimate of drug-likeness (QED) is 0.890. The van der Waals surface area contributed by atoms with E-state index in [0.717, 1.165) is 39.1 Å². The third-order valence-corrected chi connectivity index (χ3v) is 4.14. The van der Waals surface area contributed by atoms with E-state index in [1.807, 2.05) is 4.90 Å². The summed E-state index contributed by atoms with van der Waals surface area (Å²) in [6.45, 7) is 3.12. The summed E-state index contributed by atoms with van der Waals surface area (Å²) in [5, 5.41) is 9.16. The topological polar surface area (TPSA) is 49.8 Å². The van der Waals surface area contributed by atoms with Crippen molar-refractivity contribution in [1.29, 1.82) is 0 Å². The molecular formula is C14H16FNO3. The Morgan fingerprint density at radius 1 is 1.32 bits per heavy atom. The van der Waals surface area contributed by atoms with E-state index < -0.39 is 11.8 Å². The maximum atomic E-state index is 13.3. The van der Waals surface area contributed by atoms with Crippen LogP contribution in [0.15, 0.2) is 18.2 Å². The molecule has 4 nitrogen and oxygen atoms in total. The number of carboxylic acids is 1. The summed E-state index contributed by atoms with van der Waals surface area (Å²) in [5.41, 5.74) is 0.897. The van der Waals surface area contributed by atoms with Crippen molar-refractivity contribution in [3.8, 4) is 0 Å². The lowest BCUT2D eigenvalue weighted by Gasteiger charge is -2.53. The molecule has 5 heteroatoms. The van der Waals surface area contributed by atoms with Crippen LogP contribution in [-0.2, 0) is 4.74 Å². The van der Waals surface area contributed by atoms with Gasteiger partial charge in [-0.2, -0.15) is 0 Å². The first-order valence-corrected chi connectivity index (χ1v) is 6.45. The van der Waals surface area contributed by atoms with Gasteiger partial charge >= 0.3 is 5.97 Å². The minimum atomic E-state index is -1.01. The number of aromatic carboxylic acids is 1. The molecule has 1 N–H and O–H groups in total. The first-order valence-electron chi connectivity index (χ1n) is 6.45. The molecule has 1 spiro atoms. The molecule has 1 aromatic carbocycles. The van der Waals surface area contributed by atoms with Crippen LogP contribution in [0.4, 0.5) is 10.1 Å². The summed E-state index contributed by atoms with van der Waals surface area (Å²) < 4.78 is 18.7. The fourth-order valence-electron chi connectivity index (χ4n) is 3.00. The van der Waals surface area contributed by atoms with Gasteiger partial charge in [0, 0.05) is 31.7 Å². The zero-order chi connectivity index (χ0) is 13.5. The molecular weight excluding hydrogens is 249 g/mol. The van der Waals surface area contributed by atoms with E-state index in [1.54, 1.807) is 0 Å². The number of anilines is 1. The molecule has 19 heavy (non-hydrogen) atoms. The maximum Gasteiger partial charge on any atom is 0.337 e. The Morgan fingerprint density at radius 2 is 2.00 bits per heavy atom. The van der Waals surface area contributed by atoms with Crippen molar-refractivity contribution in [3.63, 3.8) is 0 Å². The van der Waals surface area contributed by atoms with Gasteiger partial charge in [0.1, 0.15) is 5.82 Å². The molecule has 0 saturated carbocycles. The number of ether oxygens (including phenoxy) is 1. The van der Waals surface area contributed by atoms with Crippen LogP contribution in [0.3, 0.4) is 0 Å². The maximum absolute atomic E-state index is 13.3. The first-order chi connectivity index (χ1) is 9.10. The number of hydrogen-bond donors (Lipinski definition) is 1. The number of nitrogens with zero attached hydrogens (tertiary/aromatic N) is 1. The monoisotopic (exact) mass is 265 g/mol. The molecule has 2 saturated heterocycles. The first kappa shape index (κ1) is 12.4. The fraction of sp³-hybridized carbons (Fsp3) is 0.500. The molecule has 0 atom stereocenters. The molecule has 3 rings (SSSR count). The Hall–Kier alpha value is -1.62.